The van der Waals surface area contributed by atoms with E-state index in [-0.39, 0.29) is 11.9 Å². The highest BCUT2D eigenvalue weighted by Gasteiger charge is 2.37. The minimum Gasteiger partial charge on any atom is -0.489 e. The van der Waals surface area contributed by atoms with Gasteiger partial charge in [0.2, 0.25) is 5.91 Å². The second-order valence-electron chi connectivity index (χ2n) is 5.67. The molecule has 1 amide bonds. The number of anilines is 1. The molecule has 0 aliphatic carbocycles. The Bertz CT molecular complexity index is 701. The first-order chi connectivity index (χ1) is 10.8. The van der Waals surface area contributed by atoms with Gasteiger partial charge in [-0.05, 0) is 30.2 Å². The highest BCUT2D eigenvalue weighted by molar-refractivity contribution is 7.98. The molecule has 0 spiro atoms. The predicted octanol–water partition coefficient (Wildman–Crippen LogP) is 3.87. The molecule has 0 bridgehead atoms. The maximum atomic E-state index is 12.0. The molecule has 2 heterocycles. The molecule has 2 aromatic rings. The Kier molecular flexibility index (Phi) is 3.54. The van der Waals surface area contributed by atoms with Crippen LogP contribution in [0.25, 0.3) is 0 Å². The van der Waals surface area contributed by atoms with Crippen molar-refractivity contribution >= 4 is 23.4 Å². The molecule has 0 radical (unpaired) electrons. The summed E-state index contributed by atoms with van der Waals surface area (Å²) in [6.07, 6.45) is 1.54. The van der Waals surface area contributed by atoms with Crippen LogP contribution in [0.15, 0.2) is 53.4 Å². The Labute approximate surface area is 134 Å². The molecule has 1 fully saturated rings. The summed E-state index contributed by atoms with van der Waals surface area (Å²) in [6, 6.07) is 16.8. The van der Waals surface area contributed by atoms with Gasteiger partial charge in [-0.15, -0.1) is 11.8 Å². The van der Waals surface area contributed by atoms with E-state index in [1.165, 1.54) is 10.5 Å². The van der Waals surface area contributed by atoms with Crippen molar-refractivity contribution < 1.29 is 9.53 Å². The molecule has 1 saturated heterocycles. The topological polar surface area (TPSA) is 29.5 Å². The van der Waals surface area contributed by atoms with Crippen LogP contribution in [0.3, 0.4) is 0 Å². The van der Waals surface area contributed by atoms with E-state index in [0.29, 0.717) is 13.0 Å². The highest BCUT2D eigenvalue weighted by Crippen LogP contribution is 2.40. The van der Waals surface area contributed by atoms with Gasteiger partial charge in [-0.2, -0.15) is 0 Å². The van der Waals surface area contributed by atoms with Crippen molar-refractivity contribution in [2.24, 2.45) is 0 Å². The summed E-state index contributed by atoms with van der Waals surface area (Å²) in [5, 5.41) is 0. The molecule has 1 atom stereocenters. The number of ether oxygens (including phenoxy) is 1. The fourth-order valence-corrected chi connectivity index (χ4v) is 3.94. The third-order valence-corrected chi connectivity index (χ3v) is 5.26. The summed E-state index contributed by atoms with van der Waals surface area (Å²) in [4.78, 5) is 15.1. The van der Waals surface area contributed by atoms with Gasteiger partial charge in [0.25, 0.3) is 0 Å². The molecule has 2 aromatic carbocycles. The van der Waals surface area contributed by atoms with E-state index in [1.807, 2.05) is 17.0 Å². The molecule has 4 heteroatoms. The quantitative estimate of drug-likeness (QED) is 0.806. The minimum atomic E-state index is 0.222. The van der Waals surface area contributed by atoms with Crippen LogP contribution >= 0.6 is 11.8 Å². The van der Waals surface area contributed by atoms with Crippen LogP contribution in [0, 0.1) is 0 Å². The molecule has 1 unspecified atom stereocenters. The molecule has 0 aromatic heterocycles. The summed E-state index contributed by atoms with van der Waals surface area (Å²) >= 11 is 1.79. The number of rotatable bonds is 3. The van der Waals surface area contributed by atoms with Crippen LogP contribution in [-0.2, 0) is 10.5 Å². The highest BCUT2D eigenvalue weighted by atomic mass is 32.2. The number of hydrogen-bond acceptors (Lipinski definition) is 3. The largest absolute Gasteiger partial charge is 0.489 e. The zero-order valence-electron chi connectivity index (χ0n) is 12.2. The summed E-state index contributed by atoms with van der Waals surface area (Å²) < 4.78 is 5.87. The van der Waals surface area contributed by atoms with Crippen molar-refractivity contribution in [1.29, 1.82) is 0 Å². The number of thioether (sulfide) groups is 1. The molecule has 112 valence electrons. The van der Waals surface area contributed by atoms with Gasteiger partial charge in [0.1, 0.15) is 12.4 Å². The van der Waals surface area contributed by atoms with Crippen LogP contribution < -0.4 is 9.64 Å². The number of benzene rings is 2. The molecule has 0 N–H and O–H groups in total. The molecule has 3 nitrogen and oxygen atoms in total. The van der Waals surface area contributed by atoms with Crippen molar-refractivity contribution in [3.8, 4) is 5.75 Å². The van der Waals surface area contributed by atoms with Crippen LogP contribution in [0.2, 0.25) is 0 Å². The second kappa shape index (κ2) is 5.69. The Balaban J connectivity index is 1.54. The van der Waals surface area contributed by atoms with E-state index in [0.717, 1.165) is 23.6 Å². The maximum Gasteiger partial charge on any atom is 0.227 e. The van der Waals surface area contributed by atoms with Gasteiger partial charge in [-0.25, -0.2) is 0 Å². The first kappa shape index (κ1) is 13.7. The van der Waals surface area contributed by atoms with Crippen molar-refractivity contribution in [3.05, 3.63) is 54.1 Å². The minimum absolute atomic E-state index is 0.222. The monoisotopic (exact) mass is 311 g/mol. The van der Waals surface area contributed by atoms with Gasteiger partial charge >= 0.3 is 0 Å². The summed E-state index contributed by atoms with van der Waals surface area (Å²) in [5.74, 6) is 1.99. The SMILES string of the molecule is O=C1CCC2COc3cc(SCc4ccccc4)ccc3N12. The van der Waals surface area contributed by atoms with Gasteiger partial charge in [0.05, 0.1) is 11.7 Å². The van der Waals surface area contributed by atoms with Crippen molar-refractivity contribution in [1.82, 2.24) is 0 Å². The van der Waals surface area contributed by atoms with Gasteiger partial charge in [-0.3, -0.25) is 4.79 Å². The zero-order chi connectivity index (χ0) is 14.9. The molecule has 2 aliphatic rings. The fraction of sp³-hybridized carbons (Fsp3) is 0.278. The number of nitrogens with zero attached hydrogens (tertiary/aromatic N) is 1. The lowest BCUT2D eigenvalue weighted by atomic mass is 10.2. The van der Waals surface area contributed by atoms with Gasteiger partial charge < -0.3 is 9.64 Å². The van der Waals surface area contributed by atoms with Crippen LogP contribution in [0.1, 0.15) is 18.4 Å². The van der Waals surface area contributed by atoms with E-state index < -0.39 is 0 Å². The fourth-order valence-electron chi connectivity index (χ4n) is 3.06. The van der Waals surface area contributed by atoms with E-state index in [4.69, 9.17) is 4.74 Å². The lowest BCUT2D eigenvalue weighted by Gasteiger charge is -2.32. The molecule has 2 aliphatic heterocycles. The van der Waals surface area contributed by atoms with Crippen LogP contribution in [0.5, 0.6) is 5.75 Å². The molecular weight excluding hydrogens is 294 g/mol. The third-order valence-electron chi connectivity index (χ3n) is 4.20. The Hall–Kier alpha value is -1.94. The van der Waals surface area contributed by atoms with Crippen molar-refractivity contribution in [2.75, 3.05) is 11.5 Å². The first-order valence-corrected chi connectivity index (χ1v) is 8.55. The number of carbonyl (C=O) groups excluding carboxylic acids is 1. The number of hydrogen-bond donors (Lipinski definition) is 0. The maximum absolute atomic E-state index is 12.0. The Morgan fingerprint density at radius 3 is 2.91 bits per heavy atom. The van der Waals surface area contributed by atoms with Crippen LogP contribution in [-0.4, -0.2) is 18.6 Å². The molecule has 0 saturated carbocycles. The third kappa shape index (κ3) is 2.48. The zero-order valence-corrected chi connectivity index (χ0v) is 13.0. The lowest BCUT2D eigenvalue weighted by molar-refractivity contribution is -0.117. The van der Waals surface area contributed by atoms with E-state index in [1.54, 1.807) is 11.8 Å². The van der Waals surface area contributed by atoms with Crippen molar-refractivity contribution in [3.63, 3.8) is 0 Å². The number of fused-ring (bicyclic) bond motifs is 3. The Morgan fingerprint density at radius 1 is 1.18 bits per heavy atom. The van der Waals surface area contributed by atoms with Crippen molar-refractivity contribution in [2.45, 2.75) is 29.5 Å². The van der Waals surface area contributed by atoms with Gasteiger partial charge in [0.15, 0.2) is 0 Å². The molecule has 4 rings (SSSR count). The summed E-state index contributed by atoms with van der Waals surface area (Å²) in [7, 11) is 0. The number of carbonyl (C=O) groups is 1. The van der Waals surface area contributed by atoms with E-state index in [9.17, 15) is 4.79 Å². The average molecular weight is 311 g/mol. The Morgan fingerprint density at radius 2 is 2.05 bits per heavy atom. The number of amides is 1. The summed E-state index contributed by atoms with van der Waals surface area (Å²) in [6.45, 7) is 0.617. The average Bonchev–Trinajstić information content (AvgIpc) is 2.95. The predicted molar refractivity (Wildman–Crippen MR) is 88.4 cm³/mol. The lowest BCUT2D eigenvalue weighted by Crippen LogP contribution is -2.40. The van der Waals surface area contributed by atoms with Gasteiger partial charge in [0, 0.05) is 17.1 Å². The van der Waals surface area contributed by atoms with Gasteiger partial charge in [-0.1, -0.05) is 30.3 Å². The normalized spacial score (nSPS) is 19.5. The van der Waals surface area contributed by atoms with E-state index in [2.05, 4.69) is 36.4 Å². The second-order valence-corrected chi connectivity index (χ2v) is 6.72. The summed E-state index contributed by atoms with van der Waals surface area (Å²) in [5.41, 5.74) is 2.24. The molecule has 22 heavy (non-hydrogen) atoms. The smallest absolute Gasteiger partial charge is 0.227 e. The standard InChI is InChI=1S/C18H17NO2S/c20-18-9-6-14-11-21-17-10-15(7-8-16(17)19(14)18)22-12-13-4-2-1-3-5-13/h1-5,7-8,10,14H,6,9,11-12H2. The van der Waals surface area contributed by atoms with E-state index >= 15 is 0 Å². The first-order valence-electron chi connectivity index (χ1n) is 7.57. The molecular formula is C18H17NO2S. The van der Waals surface area contributed by atoms with Crippen LogP contribution in [0.4, 0.5) is 5.69 Å².